The third kappa shape index (κ3) is 3.49. The lowest BCUT2D eigenvalue weighted by Crippen LogP contribution is -2.22. The number of rotatable bonds is 4. The van der Waals surface area contributed by atoms with Crippen LogP contribution >= 0.6 is 0 Å². The Morgan fingerprint density at radius 1 is 1.11 bits per heavy atom. The van der Waals surface area contributed by atoms with Gasteiger partial charge in [0.2, 0.25) is 0 Å². The fourth-order valence-electron chi connectivity index (χ4n) is 2.41. The number of benzene rings is 1. The van der Waals surface area contributed by atoms with Gasteiger partial charge in [-0.05, 0) is 42.4 Å². The molecule has 1 N–H and O–H groups in total. The summed E-state index contributed by atoms with van der Waals surface area (Å²) < 4.78 is 0. The van der Waals surface area contributed by atoms with E-state index >= 15 is 0 Å². The lowest BCUT2D eigenvalue weighted by Gasteiger charge is -2.27. The number of aliphatic hydroxyl groups is 1. The van der Waals surface area contributed by atoms with Crippen LogP contribution in [-0.2, 0) is 5.41 Å². The molecule has 1 aromatic carbocycles. The number of anilines is 1. The van der Waals surface area contributed by atoms with Gasteiger partial charge >= 0.3 is 0 Å². The largest absolute Gasteiger partial charge is 0.396 e. The van der Waals surface area contributed by atoms with Crippen molar-refractivity contribution in [3.05, 3.63) is 28.8 Å². The van der Waals surface area contributed by atoms with Crippen LogP contribution in [0.15, 0.2) is 12.1 Å². The van der Waals surface area contributed by atoms with Gasteiger partial charge in [0.15, 0.2) is 0 Å². The van der Waals surface area contributed by atoms with Crippen LogP contribution in [0.3, 0.4) is 0 Å². The van der Waals surface area contributed by atoms with Crippen molar-refractivity contribution in [1.29, 1.82) is 0 Å². The highest BCUT2D eigenvalue weighted by molar-refractivity contribution is 5.60. The zero-order chi connectivity index (χ0) is 13.9. The lowest BCUT2D eigenvalue weighted by atomic mass is 9.84. The average molecular weight is 249 g/mol. The van der Waals surface area contributed by atoms with Gasteiger partial charge in [-0.15, -0.1) is 0 Å². The summed E-state index contributed by atoms with van der Waals surface area (Å²) in [4.78, 5) is 2.24. The van der Waals surface area contributed by atoms with E-state index in [0.29, 0.717) is 0 Å². The average Bonchev–Trinajstić information content (AvgIpc) is 2.24. The lowest BCUT2D eigenvalue weighted by molar-refractivity contribution is 0.290. The molecular weight excluding hydrogens is 222 g/mol. The van der Waals surface area contributed by atoms with Crippen molar-refractivity contribution in [2.24, 2.45) is 0 Å². The van der Waals surface area contributed by atoms with Crippen molar-refractivity contribution >= 4 is 5.69 Å². The van der Waals surface area contributed by atoms with Gasteiger partial charge in [0.1, 0.15) is 0 Å². The molecule has 0 amide bonds. The zero-order valence-electron chi connectivity index (χ0n) is 12.7. The van der Waals surface area contributed by atoms with E-state index in [2.05, 4.69) is 58.7 Å². The van der Waals surface area contributed by atoms with Crippen molar-refractivity contribution in [1.82, 2.24) is 0 Å². The second-order valence-corrected chi connectivity index (χ2v) is 6.21. The fraction of sp³-hybridized carbons (Fsp3) is 0.625. The molecule has 0 radical (unpaired) electrons. The Labute approximate surface area is 112 Å². The molecule has 0 aliphatic carbocycles. The fourth-order valence-corrected chi connectivity index (χ4v) is 2.41. The highest BCUT2D eigenvalue weighted by Crippen LogP contribution is 2.31. The Bertz CT molecular complexity index is 381. The van der Waals surface area contributed by atoms with Crippen molar-refractivity contribution in [3.63, 3.8) is 0 Å². The topological polar surface area (TPSA) is 23.5 Å². The molecule has 2 nitrogen and oxygen atoms in total. The second-order valence-electron chi connectivity index (χ2n) is 6.21. The normalized spacial score (nSPS) is 11.7. The highest BCUT2D eigenvalue weighted by Gasteiger charge is 2.17. The van der Waals surface area contributed by atoms with Crippen LogP contribution in [0, 0.1) is 13.8 Å². The first-order valence-corrected chi connectivity index (χ1v) is 6.71. The predicted molar refractivity (Wildman–Crippen MR) is 79.6 cm³/mol. The summed E-state index contributed by atoms with van der Waals surface area (Å²) in [5.74, 6) is 0. The molecule has 1 aromatic rings. The van der Waals surface area contributed by atoms with E-state index in [4.69, 9.17) is 5.11 Å². The van der Waals surface area contributed by atoms with E-state index in [0.717, 1.165) is 13.0 Å². The van der Waals surface area contributed by atoms with Gasteiger partial charge < -0.3 is 10.0 Å². The van der Waals surface area contributed by atoms with Crippen LogP contribution in [-0.4, -0.2) is 25.3 Å². The third-order valence-corrected chi connectivity index (χ3v) is 3.39. The zero-order valence-corrected chi connectivity index (χ0v) is 12.7. The maximum Gasteiger partial charge on any atom is 0.0447 e. The van der Waals surface area contributed by atoms with Gasteiger partial charge in [-0.1, -0.05) is 32.9 Å². The first-order valence-electron chi connectivity index (χ1n) is 6.71. The Morgan fingerprint density at radius 3 is 2.00 bits per heavy atom. The van der Waals surface area contributed by atoms with Gasteiger partial charge in [0, 0.05) is 25.9 Å². The molecule has 2 heteroatoms. The predicted octanol–water partition coefficient (Wildman–Crippen LogP) is 3.42. The van der Waals surface area contributed by atoms with Crippen molar-refractivity contribution in [2.75, 3.05) is 25.1 Å². The molecule has 0 heterocycles. The Hall–Kier alpha value is -1.02. The minimum absolute atomic E-state index is 0.192. The number of aryl methyl sites for hydroxylation is 2. The van der Waals surface area contributed by atoms with Crippen LogP contribution in [0.2, 0.25) is 0 Å². The molecule has 0 aliphatic rings. The molecule has 1 rings (SSSR count). The van der Waals surface area contributed by atoms with E-state index in [1.54, 1.807) is 0 Å². The summed E-state index contributed by atoms with van der Waals surface area (Å²) >= 11 is 0. The van der Waals surface area contributed by atoms with Gasteiger partial charge in [-0.2, -0.15) is 0 Å². The first-order chi connectivity index (χ1) is 8.27. The van der Waals surface area contributed by atoms with Crippen LogP contribution in [0.5, 0.6) is 0 Å². The quantitative estimate of drug-likeness (QED) is 0.884. The monoisotopic (exact) mass is 249 g/mol. The minimum Gasteiger partial charge on any atom is -0.396 e. The van der Waals surface area contributed by atoms with Gasteiger partial charge in [-0.3, -0.25) is 0 Å². The van der Waals surface area contributed by atoms with E-state index in [1.807, 2.05) is 0 Å². The second kappa shape index (κ2) is 5.75. The first kappa shape index (κ1) is 15.0. The van der Waals surface area contributed by atoms with Crippen LogP contribution in [0.25, 0.3) is 0 Å². The molecule has 0 aliphatic heterocycles. The van der Waals surface area contributed by atoms with Crippen molar-refractivity contribution in [2.45, 2.75) is 46.5 Å². The Morgan fingerprint density at radius 2 is 1.61 bits per heavy atom. The third-order valence-electron chi connectivity index (χ3n) is 3.39. The maximum atomic E-state index is 8.92. The molecule has 0 bridgehead atoms. The number of hydrogen-bond donors (Lipinski definition) is 1. The standard InChI is InChI=1S/C16H27NO/c1-12-10-14(16(3,4)5)11-13(2)15(12)17(6)8-7-9-18/h10-11,18H,7-9H2,1-6H3. The minimum atomic E-state index is 0.192. The number of nitrogens with zero attached hydrogens (tertiary/aromatic N) is 1. The smallest absolute Gasteiger partial charge is 0.0447 e. The maximum absolute atomic E-state index is 8.92. The molecule has 102 valence electrons. The summed E-state index contributed by atoms with van der Waals surface area (Å²) in [5.41, 5.74) is 5.52. The molecular formula is C16H27NO. The number of aliphatic hydroxyl groups excluding tert-OH is 1. The van der Waals surface area contributed by atoms with Crippen molar-refractivity contribution < 1.29 is 5.11 Å². The summed E-state index contributed by atoms with van der Waals surface area (Å²) in [6.07, 6.45) is 0.816. The molecule has 18 heavy (non-hydrogen) atoms. The van der Waals surface area contributed by atoms with Crippen LogP contribution < -0.4 is 4.90 Å². The molecule has 0 saturated carbocycles. The van der Waals surface area contributed by atoms with Gasteiger partial charge in [-0.25, -0.2) is 0 Å². The van der Waals surface area contributed by atoms with Crippen molar-refractivity contribution in [3.8, 4) is 0 Å². The number of hydrogen-bond acceptors (Lipinski definition) is 2. The van der Waals surface area contributed by atoms with E-state index in [1.165, 1.54) is 22.4 Å². The molecule has 0 saturated heterocycles. The summed E-state index contributed by atoms with van der Waals surface area (Å²) in [6, 6.07) is 4.58. The Kier molecular flexibility index (Phi) is 4.80. The Balaban J connectivity index is 3.09. The molecule has 0 unspecified atom stereocenters. The highest BCUT2D eigenvalue weighted by atomic mass is 16.3. The summed E-state index contributed by atoms with van der Waals surface area (Å²) in [5, 5.41) is 8.92. The summed E-state index contributed by atoms with van der Waals surface area (Å²) in [6.45, 7) is 12.2. The summed E-state index contributed by atoms with van der Waals surface area (Å²) in [7, 11) is 2.10. The molecule has 0 aromatic heterocycles. The SMILES string of the molecule is Cc1cc(C(C)(C)C)cc(C)c1N(C)CCCO. The van der Waals surface area contributed by atoms with E-state index < -0.39 is 0 Å². The molecule has 0 fully saturated rings. The van der Waals surface area contributed by atoms with Crippen LogP contribution in [0.4, 0.5) is 5.69 Å². The molecule has 0 atom stereocenters. The van der Waals surface area contributed by atoms with E-state index in [-0.39, 0.29) is 12.0 Å². The van der Waals surface area contributed by atoms with Crippen LogP contribution in [0.1, 0.15) is 43.9 Å². The van der Waals surface area contributed by atoms with Gasteiger partial charge in [0.25, 0.3) is 0 Å². The molecule has 0 spiro atoms. The van der Waals surface area contributed by atoms with Gasteiger partial charge in [0.05, 0.1) is 0 Å². The van der Waals surface area contributed by atoms with E-state index in [9.17, 15) is 0 Å².